The van der Waals surface area contributed by atoms with Crippen molar-refractivity contribution in [3.63, 3.8) is 0 Å². The van der Waals surface area contributed by atoms with E-state index < -0.39 is 0 Å². The van der Waals surface area contributed by atoms with E-state index in [1.165, 1.54) is 22.3 Å². The molecule has 2 heteroatoms. The molecule has 0 atom stereocenters. The molecule has 0 saturated carbocycles. The van der Waals surface area contributed by atoms with E-state index in [4.69, 9.17) is 0 Å². The average Bonchev–Trinajstić information content (AvgIpc) is 2.58. The molecule has 0 aromatic heterocycles. The zero-order valence-corrected chi connectivity index (χ0v) is 14.6. The van der Waals surface area contributed by atoms with Gasteiger partial charge in [0.2, 0.25) is 0 Å². The zero-order valence-electron chi connectivity index (χ0n) is 14.6. The number of hydrogen-bond donors (Lipinski definition) is 2. The Labute approximate surface area is 144 Å². The maximum atomic E-state index is 3.52. The fourth-order valence-corrected chi connectivity index (χ4v) is 3.10. The van der Waals surface area contributed by atoms with E-state index in [0.717, 1.165) is 23.6 Å². The first-order valence-corrected chi connectivity index (χ1v) is 8.45. The van der Waals surface area contributed by atoms with Gasteiger partial charge < -0.3 is 10.6 Å². The van der Waals surface area contributed by atoms with Gasteiger partial charge in [0.25, 0.3) is 0 Å². The van der Waals surface area contributed by atoms with Crippen LogP contribution in [0, 0.1) is 13.8 Å². The van der Waals surface area contributed by atoms with Crippen LogP contribution in [0.3, 0.4) is 0 Å². The van der Waals surface area contributed by atoms with Crippen LogP contribution in [-0.4, -0.2) is 6.54 Å². The quantitative estimate of drug-likeness (QED) is 0.590. The summed E-state index contributed by atoms with van der Waals surface area (Å²) in [5.41, 5.74) is 8.53. The Balaban J connectivity index is 2.02. The smallest absolute Gasteiger partial charge is 0.0440 e. The Hall–Kier alpha value is -2.74. The highest BCUT2D eigenvalue weighted by Crippen LogP contribution is 2.35. The molecular formula is C22H24N2. The Morgan fingerprint density at radius 3 is 2.12 bits per heavy atom. The summed E-state index contributed by atoms with van der Waals surface area (Å²) in [6.07, 6.45) is 0. The predicted molar refractivity (Wildman–Crippen MR) is 105 cm³/mol. The van der Waals surface area contributed by atoms with E-state index >= 15 is 0 Å². The molecule has 0 aliphatic carbocycles. The lowest BCUT2D eigenvalue weighted by Gasteiger charge is -2.17. The molecule has 0 aliphatic rings. The van der Waals surface area contributed by atoms with Crippen molar-refractivity contribution in [2.75, 3.05) is 17.2 Å². The van der Waals surface area contributed by atoms with Crippen LogP contribution in [0.2, 0.25) is 0 Å². The van der Waals surface area contributed by atoms with Gasteiger partial charge in [0.15, 0.2) is 0 Å². The second-order valence-electron chi connectivity index (χ2n) is 6.05. The van der Waals surface area contributed by atoms with E-state index in [1.54, 1.807) is 0 Å². The molecule has 0 saturated heterocycles. The van der Waals surface area contributed by atoms with Crippen molar-refractivity contribution in [1.29, 1.82) is 0 Å². The number of benzene rings is 3. The van der Waals surface area contributed by atoms with Gasteiger partial charge in [0.05, 0.1) is 0 Å². The number of aryl methyl sites for hydroxylation is 2. The van der Waals surface area contributed by atoms with Gasteiger partial charge in [-0.3, -0.25) is 0 Å². The Kier molecular flexibility index (Phi) is 4.85. The molecule has 0 spiro atoms. The number of anilines is 3. The van der Waals surface area contributed by atoms with Gasteiger partial charge in [-0.2, -0.15) is 0 Å². The molecule has 0 heterocycles. The standard InChI is InChI=1S/C22H24N2/c1-4-23-21-15-19(24-18-11-6-5-7-12-18)13-14-20(21)22-16(2)9-8-10-17(22)3/h5-15,23-24H,4H2,1-3H3. The number of para-hydroxylation sites is 1. The third-order valence-electron chi connectivity index (χ3n) is 4.20. The highest BCUT2D eigenvalue weighted by Gasteiger charge is 2.11. The van der Waals surface area contributed by atoms with Crippen molar-refractivity contribution in [2.45, 2.75) is 20.8 Å². The van der Waals surface area contributed by atoms with Crippen molar-refractivity contribution < 1.29 is 0 Å². The van der Waals surface area contributed by atoms with Crippen LogP contribution in [0.15, 0.2) is 66.7 Å². The lowest BCUT2D eigenvalue weighted by atomic mass is 9.94. The molecule has 0 amide bonds. The minimum absolute atomic E-state index is 0.896. The SMILES string of the molecule is CCNc1cc(Nc2ccccc2)ccc1-c1c(C)cccc1C. The Morgan fingerprint density at radius 1 is 0.750 bits per heavy atom. The third kappa shape index (κ3) is 3.43. The van der Waals surface area contributed by atoms with Gasteiger partial charge in [0, 0.05) is 29.2 Å². The Bertz CT molecular complexity index is 802. The predicted octanol–water partition coefficient (Wildman–Crippen LogP) is 6.15. The van der Waals surface area contributed by atoms with E-state index in [9.17, 15) is 0 Å². The lowest BCUT2D eigenvalue weighted by molar-refractivity contribution is 1.21. The fraction of sp³-hybridized carbons (Fsp3) is 0.182. The minimum atomic E-state index is 0.896. The second-order valence-corrected chi connectivity index (χ2v) is 6.05. The van der Waals surface area contributed by atoms with Gasteiger partial charge in [-0.1, -0.05) is 42.5 Å². The first kappa shape index (κ1) is 16.1. The zero-order chi connectivity index (χ0) is 16.9. The van der Waals surface area contributed by atoms with E-state index in [2.05, 4.69) is 79.9 Å². The largest absolute Gasteiger partial charge is 0.385 e. The summed E-state index contributed by atoms with van der Waals surface area (Å²) in [5, 5.41) is 6.99. The molecule has 3 aromatic rings. The maximum Gasteiger partial charge on any atom is 0.0440 e. The molecule has 122 valence electrons. The van der Waals surface area contributed by atoms with Crippen LogP contribution in [0.4, 0.5) is 17.1 Å². The maximum absolute atomic E-state index is 3.52. The summed E-state index contributed by atoms with van der Waals surface area (Å²) in [6, 6.07) is 23.3. The summed E-state index contributed by atoms with van der Waals surface area (Å²) in [5.74, 6) is 0. The highest BCUT2D eigenvalue weighted by molar-refractivity contribution is 5.84. The third-order valence-corrected chi connectivity index (χ3v) is 4.20. The second kappa shape index (κ2) is 7.22. The van der Waals surface area contributed by atoms with Crippen molar-refractivity contribution in [3.05, 3.63) is 77.9 Å². The fourth-order valence-electron chi connectivity index (χ4n) is 3.10. The van der Waals surface area contributed by atoms with Gasteiger partial charge in [-0.15, -0.1) is 0 Å². The van der Waals surface area contributed by atoms with Gasteiger partial charge >= 0.3 is 0 Å². The molecular weight excluding hydrogens is 292 g/mol. The van der Waals surface area contributed by atoms with Crippen LogP contribution < -0.4 is 10.6 Å². The topological polar surface area (TPSA) is 24.1 Å². The van der Waals surface area contributed by atoms with Crippen LogP contribution >= 0.6 is 0 Å². The van der Waals surface area contributed by atoms with E-state index in [1.807, 2.05) is 18.2 Å². The van der Waals surface area contributed by atoms with Crippen LogP contribution in [0.1, 0.15) is 18.1 Å². The van der Waals surface area contributed by atoms with Gasteiger partial charge in [-0.25, -0.2) is 0 Å². The van der Waals surface area contributed by atoms with Crippen molar-refractivity contribution in [3.8, 4) is 11.1 Å². The first-order valence-electron chi connectivity index (χ1n) is 8.45. The summed E-state index contributed by atoms with van der Waals surface area (Å²) in [7, 11) is 0. The van der Waals surface area contributed by atoms with Crippen LogP contribution in [-0.2, 0) is 0 Å². The normalized spacial score (nSPS) is 10.5. The molecule has 2 nitrogen and oxygen atoms in total. The Morgan fingerprint density at radius 2 is 1.46 bits per heavy atom. The molecule has 3 rings (SSSR count). The number of nitrogens with one attached hydrogen (secondary N) is 2. The lowest BCUT2D eigenvalue weighted by Crippen LogP contribution is -2.01. The highest BCUT2D eigenvalue weighted by atomic mass is 14.9. The first-order chi connectivity index (χ1) is 11.7. The van der Waals surface area contributed by atoms with Gasteiger partial charge in [-0.05, 0) is 61.7 Å². The minimum Gasteiger partial charge on any atom is -0.385 e. The monoisotopic (exact) mass is 316 g/mol. The molecule has 0 radical (unpaired) electrons. The summed E-state index contributed by atoms with van der Waals surface area (Å²) < 4.78 is 0. The van der Waals surface area contributed by atoms with Crippen LogP contribution in [0.5, 0.6) is 0 Å². The van der Waals surface area contributed by atoms with Crippen molar-refractivity contribution in [2.24, 2.45) is 0 Å². The summed E-state index contributed by atoms with van der Waals surface area (Å²) in [6.45, 7) is 7.38. The summed E-state index contributed by atoms with van der Waals surface area (Å²) in [4.78, 5) is 0. The van der Waals surface area contributed by atoms with E-state index in [-0.39, 0.29) is 0 Å². The summed E-state index contributed by atoms with van der Waals surface area (Å²) >= 11 is 0. The number of hydrogen-bond acceptors (Lipinski definition) is 2. The molecule has 0 aliphatic heterocycles. The molecule has 0 bridgehead atoms. The number of rotatable bonds is 5. The van der Waals surface area contributed by atoms with Crippen LogP contribution in [0.25, 0.3) is 11.1 Å². The molecule has 24 heavy (non-hydrogen) atoms. The molecule has 0 unspecified atom stereocenters. The molecule has 0 fully saturated rings. The van der Waals surface area contributed by atoms with Crippen molar-refractivity contribution >= 4 is 17.1 Å². The molecule has 2 N–H and O–H groups in total. The van der Waals surface area contributed by atoms with Crippen molar-refractivity contribution in [1.82, 2.24) is 0 Å². The van der Waals surface area contributed by atoms with Gasteiger partial charge in [0.1, 0.15) is 0 Å². The average molecular weight is 316 g/mol. The van der Waals surface area contributed by atoms with E-state index in [0.29, 0.717) is 0 Å². The molecule has 3 aromatic carbocycles.